The van der Waals surface area contributed by atoms with Crippen molar-refractivity contribution in [1.82, 2.24) is 5.32 Å². The van der Waals surface area contributed by atoms with E-state index in [1.807, 2.05) is 18.2 Å². The molecule has 156 valence electrons. The SMILES string of the molecule is C[C@]12CCC[C@]3(CO3)[C@@H]1C[C@@H]1[C@H](CNCc3ccc4c(c3)OCO4)C(=O)O[C@@H]1C2. The predicted molar refractivity (Wildman–Crippen MR) is 104 cm³/mol. The molecule has 1 aromatic rings. The van der Waals surface area contributed by atoms with Gasteiger partial charge in [-0.05, 0) is 61.1 Å². The van der Waals surface area contributed by atoms with Crippen LogP contribution in [0.1, 0.15) is 44.6 Å². The van der Waals surface area contributed by atoms with Crippen LogP contribution in [0.25, 0.3) is 0 Å². The highest BCUT2D eigenvalue weighted by Crippen LogP contribution is 2.62. The standard InChI is InChI=1S/C23H29NO5/c1-22-5-2-6-23(12-28-23)20(22)8-15-16(21(25)29-19(15)9-22)11-24-10-14-3-4-17-18(7-14)27-13-26-17/h3-4,7,15-16,19-20,24H,2,5-6,8-13H2,1H3/t15-,16+,19-,20-,22-,23+/m1/s1. The van der Waals surface area contributed by atoms with E-state index in [2.05, 4.69) is 12.2 Å². The minimum atomic E-state index is -0.0590. The molecule has 6 heteroatoms. The summed E-state index contributed by atoms with van der Waals surface area (Å²) >= 11 is 0. The molecule has 0 unspecified atom stereocenters. The highest BCUT2D eigenvalue weighted by Gasteiger charge is 2.64. The molecule has 3 heterocycles. The average Bonchev–Trinajstić information content (AvgIpc) is 3.18. The Morgan fingerprint density at radius 1 is 1.21 bits per heavy atom. The zero-order valence-corrected chi connectivity index (χ0v) is 16.9. The number of hydrogen-bond donors (Lipinski definition) is 1. The molecular weight excluding hydrogens is 370 g/mol. The van der Waals surface area contributed by atoms with Crippen LogP contribution < -0.4 is 14.8 Å². The highest BCUT2D eigenvalue weighted by molar-refractivity contribution is 5.75. The Morgan fingerprint density at radius 3 is 2.93 bits per heavy atom. The van der Waals surface area contributed by atoms with Gasteiger partial charge in [0.25, 0.3) is 0 Å². The van der Waals surface area contributed by atoms with E-state index in [4.69, 9.17) is 18.9 Å². The third kappa shape index (κ3) is 2.87. The van der Waals surface area contributed by atoms with Gasteiger partial charge in [0.1, 0.15) is 6.10 Å². The maximum atomic E-state index is 12.7. The molecule has 6 nitrogen and oxygen atoms in total. The van der Waals surface area contributed by atoms with Gasteiger partial charge in [0.2, 0.25) is 6.79 Å². The van der Waals surface area contributed by atoms with Gasteiger partial charge in [0.15, 0.2) is 11.5 Å². The van der Waals surface area contributed by atoms with Crippen LogP contribution in [-0.4, -0.2) is 37.6 Å². The summed E-state index contributed by atoms with van der Waals surface area (Å²) in [6.45, 7) is 4.95. The zero-order valence-electron chi connectivity index (χ0n) is 16.9. The first-order valence-electron chi connectivity index (χ1n) is 11.0. The van der Waals surface area contributed by atoms with Crippen LogP contribution in [0.15, 0.2) is 18.2 Å². The predicted octanol–water partition coefficient (Wildman–Crippen LogP) is 3.03. The second-order valence-corrected chi connectivity index (χ2v) is 9.92. The first kappa shape index (κ1) is 18.0. The van der Waals surface area contributed by atoms with E-state index in [0.29, 0.717) is 24.9 Å². The van der Waals surface area contributed by atoms with Crippen molar-refractivity contribution < 1.29 is 23.7 Å². The molecule has 1 aromatic carbocycles. The maximum absolute atomic E-state index is 12.7. The molecule has 0 radical (unpaired) electrons. The minimum Gasteiger partial charge on any atom is -0.462 e. The van der Waals surface area contributed by atoms with Gasteiger partial charge in [-0.15, -0.1) is 0 Å². The van der Waals surface area contributed by atoms with Gasteiger partial charge in [0, 0.05) is 19.0 Å². The number of benzene rings is 1. The quantitative estimate of drug-likeness (QED) is 0.620. The summed E-state index contributed by atoms with van der Waals surface area (Å²) in [5.41, 5.74) is 1.49. The van der Waals surface area contributed by atoms with E-state index in [1.165, 1.54) is 19.3 Å². The Balaban J connectivity index is 1.13. The molecule has 4 fully saturated rings. The molecule has 2 aliphatic carbocycles. The fourth-order valence-corrected chi connectivity index (χ4v) is 6.61. The Morgan fingerprint density at radius 2 is 2.07 bits per heavy atom. The number of carbonyl (C=O) groups excluding carboxylic acids is 1. The number of rotatable bonds is 4. The number of esters is 1. The lowest BCUT2D eigenvalue weighted by Gasteiger charge is -2.51. The molecule has 2 saturated heterocycles. The topological polar surface area (TPSA) is 69.3 Å². The summed E-state index contributed by atoms with van der Waals surface area (Å²) in [6.07, 6.45) is 5.79. The van der Waals surface area contributed by atoms with E-state index in [1.54, 1.807) is 0 Å². The number of ether oxygens (including phenoxy) is 4. The summed E-state index contributed by atoms with van der Waals surface area (Å²) in [6, 6.07) is 5.99. The lowest BCUT2D eigenvalue weighted by atomic mass is 9.53. The first-order valence-corrected chi connectivity index (χ1v) is 11.0. The normalized spacial score (nSPS) is 41.8. The van der Waals surface area contributed by atoms with Crippen LogP contribution in [0.3, 0.4) is 0 Å². The molecule has 3 aliphatic heterocycles. The molecule has 29 heavy (non-hydrogen) atoms. The van der Waals surface area contributed by atoms with Crippen molar-refractivity contribution in [3.63, 3.8) is 0 Å². The van der Waals surface area contributed by atoms with Gasteiger partial charge >= 0.3 is 5.97 Å². The van der Waals surface area contributed by atoms with Crippen molar-refractivity contribution in [2.75, 3.05) is 19.9 Å². The largest absolute Gasteiger partial charge is 0.462 e. The van der Waals surface area contributed by atoms with Crippen molar-refractivity contribution in [1.29, 1.82) is 0 Å². The van der Waals surface area contributed by atoms with Crippen LogP contribution in [-0.2, 0) is 20.8 Å². The van der Waals surface area contributed by atoms with E-state index < -0.39 is 0 Å². The molecule has 5 aliphatic rings. The lowest BCUT2D eigenvalue weighted by molar-refractivity contribution is -0.147. The van der Waals surface area contributed by atoms with Gasteiger partial charge in [-0.2, -0.15) is 0 Å². The molecular formula is C23H29NO5. The molecule has 1 N–H and O–H groups in total. The smallest absolute Gasteiger partial charge is 0.310 e. The van der Waals surface area contributed by atoms with Crippen LogP contribution >= 0.6 is 0 Å². The number of carbonyl (C=O) groups is 1. The van der Waals surface area contributed by atoms with Crippen molar-refractivity contribution in [2.45, 2.75) is 57.3 Å². The van der Waals surface area contributed by atoms with Gasteiger partial charge in [-0.3, -0.25) is 4.79 Å². The second-order valence-electron chi connectivity index (χ2n) is 9.92. The average molecular weight is 399 g/mol. The third-order valence-electron chi connectivity index (χ3n) is 8.21. The van der Waals surface area contributed by atoms with E-state index in [9.17, 15) is 4.79 Å². The molecule has 6 atom stereocenters. The van der Waals surface area contributed by atoms with Crippen LogP contribution in [0, 0.1) is 23.2 Å². The van der Waals surface area contributed by atoms with Crippen LogP contribution in [0.2, 0.25) is 0 Å². The summed E-state index contributed by atoms with van der Waals surface area (Å²) in [7, 11) is 0. The lowest BCUT2D eigenvalue weighted by Crippen LogP contribution is -2.51. The monoisotopic (exact) mass is 399 g/mol. The third-order valence-corrected chi connectivity index (χ3v) is 8.21. The Labute approximate surface area is 171 Å². The second kappa shape index (κ2) is 6.35. The van der Waals surface area contributed by atoms with Gasteiger partial charge in [-0.25, -0.2) is 0 Å². The fourth-order valence-electron chi connectivity index (χ4n) is 6.61. The Kier molecular flexibility index (Phi) is 3.95. The van der Waals surface area contributed by atoms with E-state index in [-0.39, 0.29) is 35.8 Å². The van der Waals surface area contributed by atoms with Crippen LogP contribution in [0.4, 0.5) is 0 Å². The number of epoxide rings is 1. The number of hydrogen-bond acceptors (Lipinski definition) is 6. The van der Waals surface area contributed by atoms with E-state index >= 15 is 0 Å². The summed E-state index contributed by atoms with van der Waals surface area (Å²) in [5, 5.41) is 3.49. The van der Waals surface area contributed by atoms with Crippen molar-refractivity contribution >= 4 is 5.97 Å². The summed E-state index contributed by atoms with van der Waals surface area (Å²) in [5.74, 6) is 2.38. The minimum absolute atomic E-state index is 0.0220. The van der Waals surface area contributed by atoms with Crippen LogP contribution in [0.5, 0.6) is 11.5 Å². The molecule has 1 spiro atoms. The van der Waals surface area contributed by atoms with Gasteiger partial charge in [0.05, 0.1) is 18.1 Å². The molecule has 0 bridgehead atoms. The summed E-state index contributed by atoms with van der Waals surface area (Å²) in [4.78, 5) is 12.7. The maximum Gasteiger partial charge on any atom is 0.310 e. The number of fused-ring (bicyclic) bond motifs is 4. The molecule has 0 amide bonds. The summed E-state index contributed by atoms with van der Waals surface area (Å²) < 4.78 is 22.7. The number of nitrogens with one attached hydrogen (secondary N) is 1. The molecule has 6 rings (SSSR count). The van der Waals surface area contributed by atoms with Gasteiger partial charge in [-0.1, -0.05) is 13.0 Å². The first-order chi connectivity index (χ1) is 14.1. The fraction of sp³-hybridized carbons (Fsp3) is 0.696. The zero-order chi connectivity index (χ0) is 19.6. The highest BCUT2D eigenvalue weighted by atomic mass is 16.7. The Bertz CT molecular complexity index is 837. The van der Waals surface area contributed by atoms with Crippen molar-refractivity contribution in [3.8, 4) is 11.5 Å². The Hall–Kier alpha value is -1.79. The van der Waals surface area contributed by atoms with Crippen molar-refractivity contribution in [3.05, 3.63) is 23.8 Å². The molecule has 0 aromatic heterocycles. The van der Waals surface area contributed by atoms with Crippen molar-refractivity contribution in [2.24, 2.45) is 23.2 Å². The van der Waals surface area contributed by atoms with Gasteiger partial charge < -0.3 is 24.3 Å². The van der Waals surface area contributed by atoms with E-state index in [0.717, 1.165) is 36.5 Å². The molecule has 2 saturated carbocycles.